The molecule has 0 radical (unpaired) electrons. The number of aromatic nitrogens is 1. The minimum atomic E-state index is 0.623. The number of rotatable bonds is 2. The summed E-state index contributed by atoms with van der Waals surface area (Å²) in [5.74, 6) is 0.653. The van der Waals surface area contributed by atoms with Gasteiger partial charge >= 0.3 is 0 Å². The van der Waals surface area contributed by atoms with Gasteiger partial charge in [0.1, 0.15) is 0 Å². The Kier molecular flexibility index (Phi) is 2.38. The van der Waals surface area contributed by atoms with Crippen LogP contribution in [-0.4, -0.2) is 10.9 Å². The van der Waals surface area contributed by atoms with E-state index in [1.807, 2.05) is 12.1 Å². The zero-order chi connectivity index (χ0) is 9.26. The number of anilines is 1. The van der Waals surface area contributed by atoms with Crippen molar-refractivity contribution in [3.8, 4) is 0 Å². The van der Waals surface area contributed by atoms with E-state index in [2.05, 4.69) is 11.1 Å². The second kappa shape index (κ2) is 3.52. The number of halogens is 1. The zero-order valence-electron chi connectivity index (χ0n) is 6.96. The van der Waals surface area contributed by atoms with E-state index < -0.39 is 0 Å². The van der Waals surface area contributed by atoms with Gasteiger partial charge in [-0.05, 0) is 24.1 Å². The second-order valence-electron chi connectivity index (χ2n) is 2.79. The van der Waals surface area contributed by atoms with E-state index in [-0.39, 0.29) is 0 Å². The molecule has 0 bridgehead atoms. The van der Waals surface area contributed by atoms with Crippen LogP contribution in [0.5, 0.6) is 0 Å². The Labute approximate surface area is 85.3 Å². The Bertz CT molecular complexity index is 424. The summed E-state index contributed by atoms with van der Waals surface area (Å²) in [5.41, 5.74) is 7.81. The molecule has 2 rings (SSSR count). The van der Waals surface area contributed by atoms with Crippen LogP contribution in [0.4, 0.5) is 5.13 Å². The molecule has 0 saturated carbocycles. The predicted octanol–water partition coefficient (Wildman–Crippen LogP) is 2.66. The van der Waals surface area contributed by atoms with Crippen molar-refractivity contribution in [2.45, 2.75) is 6.42 Å². The van der Waals surface area contributed by atoms with E-state index in [4.69, 9.17) is 17.3 Å². The second-order valence-corrected chi connectivity index (χ2v) is 4.23. The Morgan fingerprint density at radius 2 is 2.31 bits per heavy atom. The first-order valence-electron chi connectivity index (χ1n) is 4.00. The highest BCUT2D eigenvalue weighted by molar-refractivity contribution is 7.22. The van der Waals surface area contributed by atoms with Crippen LogP contribution in [0.3, 0.4) is 0 Å². The van der Waals surface area contributed by atoms with Crippen molar-refractivity contribution in [1.82, 2.24) is 4.98 Å². The average molecular weight is 213 g/mol. The summed E-state index contributed by atoms with van der Waals surface area (Å²) < 4.78 is 1.14. The monoisotopic (exact) mass is 212 g/mol. The fourth-order valence-electron chi connectivity index (χ4n) is 1.25. The molecule has 0 saturated heterocycles. The molecular weight excluding hydrogens is 204 g/mol. The number of aryl methyl sites for hydroxylation is 1. The van der Waals surface area contributed by atoms with E-state index in [9.17, 15) is 0 Å². The first-order valence-corrected chi connectivity index (χ1v) is 5.35. The molecule has 0 fully saturated rings. The summed E-state index contributed by atoms with van der Waals surface area (Å²) in [5, 5.41) is 0.623. The van der Waals surface area contributed by atoms with Crippen molar-refractivity contribution >= 4 is 38.3 Å². The van der Waals surface area contributed by atoms with Gasteiger partial charge in [0.15, 0.2) is 5.13 Å². The molecule has 2 N–H and O–H groups in total. The molecule has 13 heavy (non-hydrogen) atoms. The first kappa shape index (κ1) is 8.78. The van der Waals surface area contributed by atoms with Gasteiger partial charge < -0.3 is 5.73 Å². The Hall–Kier alpha value is -0.800. The van der Waals surface area contributed by atoms with E-state index in [0.717, 1.165) is 16.6 Å². The fraction of sp³-hybridized carbons (Fsp3) is 0.222. The minimum absolute atomic E-state index is 0.623. The maximum atomic E-state index is 5.66. The summed E-state index contributed by atoms with van der Waals surface area (Å²) in [7, 11) is 0. The van der Waals surface area contributed by atoms with Crippen LogP contribution >= 0.6 is 22.9 Å². The molecule has 0 amide bonds. The molecule has 0 unspecified atom stereocenters. The molecule has 0 atom stereocenters. The Balaban J connectivity index is 2.48. The number of thiazole rings is 1. The molecule has 1 aromatic heterocycles. The molecule has 0 aliphatic rings. The van der Waals surface area contributed by atoms with Crippen molar-refractivity contribution in [3.05, 3.63) is 23.8 Å². The van der Waals surface area contributed by atoms with Crippen molar-refractivity contribution in [1.29, 1.82) is 0 Å². The molecular formula is C9H9ClN2S. The summed E-state index contributed by atoms with van der Waals surface area (Å²) >= 11 is 7.17. The molecule has 2 nitrogen and oxygen atoms in total. The summed E-state index contributed by atoms with van der Waals surface area (Å²) in [4.78, 5) is 4.18. The predicted molar refractivity (Wildman–Crippen MR) is 58.5 cm³/mol. The highest BCUT2D eigenvalue weighted by Crippen LogP contribution is 2.24. The Morgan fingerprint density at radius 3 is 3.08 bits per heavy atom. The molecule has 1 heterocycles. The lowest BCUT2D eigenvalue weighted by Crippen LogP contribution is -1.84. The summed E-state index contributed by atoms with van der Waals surface area (Å²) in [6.07, 6.45) is 0.898. The fourth-order valence-corrected chi connectivity index (χ4v) is 2.27. The molecule has 4 heteroatoms. The average Bonchev–Trinajstić information content (AvgIpc) is 2.44. The van der Waals surface area contributed by atoms with Gasteiger partial charge in [0, 0.05) is 5.88 Å². The maximum Gasteiger partial charge on any atom is 0.181 e. The maximum absolute atomic E-state index is 5.66. The molecule has 1 aromatic carbocycles. The third-order valence-electron chi connectivity index (χ3n) is 1.85. The number of benzene rings is 1. The van der Waals surface area contributed by atoms with Gasteiger partial charge in [0.05, 0.1) is 10.2 Å². The third-order valence-corrected chi connectivity index (χ3v) is 2.89. The van der Waals surface area contributed by atoms with Crippen molar-refractivity contribution in [2.24, 2.45) is 0 Å². The lowest BCUT2D eigenvalue weighted by molar-refractivity contribution is 1.16. The highest BCUT2D eigenvalue weighted by Gasteiger charge is 2.01. The van der Waals surface area contributed by atoms with Gasteiger partial charge in [0.25, 0.3) is 0 Å². The Morgan fingerprint density at radius 1 is 1.46 bits per heavy atom. The number of nitrogen functional groups attached to an aromatic ring is 1. The standard InChI is InChI=1S/C9H9ClN2S/c10-4-3-6-1-2-7-8(5-6)13-9(11)12-7/h1-2,5H,3-4H2,(H2,11,12). The van der Waals surface area contributed by atoms with Crippen LogP contribution in [-0.2, 0) is 6.42 Å². The number of hydrogen-bond donors (Lipinski definition) is 1. The van der Waals surface area contributed by atoms with Gasteiger partial charge in [0.2, 0.25) is 0 Å². The summed E-state index contributed by atoms with van der Waals surface area (Å²) in [6, 6.07) is 6.14. The van der Waals surface area contributed by atoms with Crippen molar-refractivity contribution in [2.75, 3.05) is 11.6 Å². The number of alkyl halides is 1. The smallest absolute Gasteiger partial charge is 0.181 e. The molecule has 0 aliphatic heterocycles. The van der Waals surface area contributed by atoms with Crippen molar-refractivity contribution in [3.63, 3.8) is 0 Å². The molecule has 0 spiro atoms. The quantitative estimate of drug-likeness (QED) is 0.778. The molecule has 68 valence electrons. The van der Waals surface area contributed by atoms with E-state index in [1.54, 1.807) is 0 Å². The lowest BCUT2D eigenvalue weighted by atomic mass is 10.2. The minimum Gasteiger partial charge on any atom is -0.375 e. The van der Waals surface area contributed by atoms with Gasteiger partial charge in [-0.3, -0.25) is 0 Å². The largest absolute Gasteiger partial charge is 0.375 e. The lowest BCUT2D eigenvalue weighted by Gasteiger charge is -1.95. The first-order chi connectivity index (χ1) is 6.29. The van der Waals surface area contributed by atoms with Crippen LogP contribution in [0.25, 0.3) is 10.2 Å². The van der Waals surface area contributed by atoms with E-state index in [0.29, 0.717) is 11.0 Å². The third kappa shape index (κ3) is 1.76. The van der Waals surface area contributed by atoms with Crippen LogP contribution < -0.4 is 5.73 Å². The summed E-state index contributed by atoms with van der Waals surface area (Å²) in [6.45, 7) is 0. The van der Waals surface area contributed by atoms with Crippen LogP contribution in [0.2, 0.25) is 0 Å². The number of nitrogens with zero attached hydrogens (tertiary/aromatic N) is 1. The van der Waals surface area contributed by atoms with Crippen molar-refractivity contribution < 1.29 is 0 Å². The van der Waals surface area contributed by atoms with Crippen LogP contribution in [0.1, 0.15) is 5.56 Å². The number of hydrogen-bond acceptors (Lipinski definition) is 3. The zero-order valence-corrected chi connectivity index (χ0v) is 8.53. The van der Waals surface area contributed by atoms with E-state index in [1.165, 1.54) is 16.9 Å². The van der Waals surface area contributed by atoms with Gasteiger partial charge in [-0.1, -0.05) is 17.4 Å². The van der Waals surface area contributed by atoms with Gasteiger partial charge in [-0.2, -0.15) is 0 Å². The topological polar surface area (TPSA) is 38.9 Å². The van der Waals surface area contributed by atoms with Gasteiger partial charge in [-0.15, -0.1) is 11.6 Å². The van der Waals surface area contributed by atoms with Gasteiger partial charge in [-0.25, -0.2) is 4.98 Å². The molecule has 2 aromatic rings. The van der Waals surface area contributed by atoms with E-state index >= 15 is 0 Å². The van der Waals surface area contributed by atoms with Crippen LogP contribution in [0, 0.1) is 0 Å². The highest BCUT2D eigenvalue weighted by atomic mass is 35.5. The SMILES string of the molecule is Nc1nc2ccc(CCCl)cc2s1. The number of fused-ring (bicyclic) bond motifs is 1. The molecule has 0 aliphatic carbocycles. The normalized spacial score (nSPS) is 10.8. The van der Waals surface area contributed by atoms with Crippen LogP contribution in [0.15, 0.2) is 18.2 Å². The number of nitrogens with two attached hydrogens (primary N) is 1.